The average molecular weight is 472 g/mol. The van der Waals surface area contributed by atoms with Crippen molar-refractivity contribution in [3.05, 3.63) is 78.4 Å². The fraction of sp³-hybridized carbons (Fsp3) is 0.217. The van der Waals surface area contributed by atoms with Gasteiger partial charge in [-0.25, -0.2) is 0 Å². The summed E-state index contributed by atoms with van der Waals surface area (Å²) < 4.78 is 39.4. The van der Waals surface area contributed by atoms with Gasteiger partial charge in [-0.1, -0.05) is 18.7 Å². The lowest BCUT2D eigenvalue weighted by atomic mass is 10.1. The summed E-state index contributed by atoms with van der Waals surface area (Å²) in [7, 11) is 0. The second-order valence-corrected chi connectivity index (χ2v) is 7.51. The molecule has 1 aromatic carbocycles. The normalized spacial score (nSPS) is 15.0. The first-order valence-electron chi connectivity index (χ1n) is 10.2. The summed E-state index contributed by atoms with van der Waals surface area (Å²) in [4.78, 5) is 32.9. The number of nitrogens with zero attached hydrogens (tertiary/aromatic N) is 2. The Hall–Kier alpha value is -4.15. The molecule has 11 heteroatoms. The third kappa shape index (κ3) is 6.00. The number of nitrogens with one attached hydrogen (secondary N) is 3. The van der Waals surface area contributed by atoms with Crippen LogP contribution in [0, 0.1) is 0 Å². The van der Waals surface area contributed by atoms with Crippen LogP contribution in [-0.4, -0.2) is 28.6 Å². The molecule has 1 saturated carbocycles. The predicted octanol–water partition coefficient (Wildman–Crippen LogP) is 3.17. The van der Waals surface area contributed by atoms with Crippen LogP contribution >= 0.6 is 0 Å². The van der Waals surface area contributed by atoms with Crippen LogP contribution in [0.3, 0.4) is 0 Å². The minimum absolute atomic E-state index is 0.0768. The molecule has 0 radical (unpaired) electrons. The lowest BCUT2D eigenvalue weighted by Crippen LogP contribution is -2.49. The summed E-state index contributed by atoms with van der Waals surface area (Å²) in [5.74, 6) is -0.908. The highest BCUT2D eigenvalue weighted by molar-refractivity contribution is 6.13. The number of alkyl halides is 3. The fourth-order valence-corrected chi connectivity index (χ4v) is 3.07. The molecule has 178 valence electrons. The van der Waals surface area contributed by atoms with Crippen LogP contribution in [0.1, 0.15) is 24.1 Å². The number of amides is 2. The zero-order valence-electron chi connectivity index (χ0n) is 18.0. The maximum atomic E-state index is 13.1. The Labute approximate surface area is 193 Å². The van der Waals surface area contributed by atoms with E-state index in [0.29, 0.717) is 24.2 Å². The van der Waals surface area contributed by atoms with Crippen molar-refractivity contribution in [3.8, 4) is 0 Å². The molecule has 0 saturated heterocycles. The van der Waals surface area contributed by atoms with Crippen molar-refractivity contribution in [1.82, 2.24) is 15.6 Å². The molecule has 0 bridgehead atoms. The summed E-state index contributed by atoms with van der Waals surface area (Å²) in [6.07, 6.45) is 1.39. The number of carbonyl (C=O) groups is 2. The summed E-state index contributed by atoms with van der Waals surface area (Å²) in [6, 6.07) is 8.28. The molecule has 0 atom stereocenters. The van der Waals surface area contributed by atoms with Crippen molar-refractivity contribution < 1.29 is 22.8 Å². The third-order valence-corrected chi connectivity index (χ3v) is 5.06. The molecule has 0 spiro atoms. The van der Waals surface area contributed by atoms with Crippen LogP contribution in [0.5, 0.6) is 0 Å². The number of pyridine rings is 1. The molecule has 1 fully saturated rings. The second-order valence-electron chi connectivity index (χ2n) is 7.51. The van der Waals surface area contributed by atoms with Crippen LogP contribution in [0.15, 0.2) is 72.1 Å². The van der Waals surface area contributed by atoms with Crippen molar-refractivity contribution in [1.29, 1.82) is 0 Å². The van der Waals surface area contributed by atoms with E-state index >= 15 is 0 Å². The van der Waals surface area contributed by atoms with E-state index in [2.05, 4.69) is 32.5 Å². The minimum atomic E-state index is -4.49. The minimum Gasteiger partial charge on any atom is -0.404 e. The average Bonchev–Trinajstić information content (AvgIpc) is 3.59. The first kappa shape index (κ1) is 24.5. The molecular formula is C23H23F3N6O2. The number of carbonyl (C=O) groups excluding carboxylic acids is 2. The van der Waals surface area contributed by atoms with Crippen LogP contribution < -0.4 is 21.7 Å². The summed E-state index contributed by atoms with van der Waals surface area (Å²) in [5.41, 5.74) is 4.48. The standard InChI is InChI=1S/C23H23F3N6O2/c1-2-28-12-15(11-27)20(33)32-22(9-10-22)21(34)30-13-16-7-8-17(14-29-16)31-19-6-4-3-5-18(19)23(24,25)26/h2-8,11-12,14,31H,1,9-10,13,27H2,(H,30,34)(H,32,33)/b15-11+,28-12?. The maximum Gasteiger partial charge on any atom is 0.418 e. The van der Waals surface area contributed by atoms with E-state index in [1.165, 1.54) is 36.8 Å². The Balaban J connectivity index is 1.58. The highest BCUT2D eigenvalue weighted by atomic mass is 19.4. The zero-order valence-corrected chi connectivity index (χ0v) is 18.0. The lowest BCUT2D eigenvalue weighted by molar-refractivity contribution is -0.137. The number of nitrogens with two attached hydrogens (primary N) is 1. The summed E-state index contributed by atoms with van der Waals surface area (Å²) in [6.45, 7) is 3.49. The Morgan fingerprint density at radius 1 is 1.21 bits per heavy atom. The Morgan fingerprint density at radius 2 is 1.94 bits per heavy atom. The summed E-state index contributed by atoms with van der Waals surface area (Å²) >= 11 is 0. The van der Waals surface area contributed by atoms with Gasteiger partial charge in [0, 0.05) is 18.6 Å². The molecule has 1 aliphatic rings. The molecule has 0 unspecified atom stereocenters. The van der Waals surface area contributed by atoms with Gasteiger partial charge in [-0.2, -0.15) is 13.2 Å². The highest BCUT2D eigenvalue weighted by Gasteiger charge is 2.51. The van der Waals surface area contributed by atoms with Gasteiger partial charge in [0.25, 0.3) is 5.91 Å². The Bertz CT molecular complexity index is 1120. The van der Waals surface area contributed by atoms with E-state index in [4.69, 9.17) is 5.73 Å². The largest absolute Gasteiger partial charge is 0.418 e. The number of benzene rings is 1. The van der Waals surface area contributed by atoms with Gasteiger partial charge in [0.15, 0.2) is 0 Å². The van der Waals surface area contributed by atoms with E-state index in [9.17, 15) is 22.8 Å². The number of hydrogen-bond donors (Lipinski definition) is 4. The molecule has 5 N–H and O–H groups in total. The molecular weight excluding hydrogens is 449 g/mol. The van der Waals surface area contributed by atoms with Gasteiger partial charge in [-0.3, -0.25) is 19.6 Å². The second kappa shape index (κ2) is 10.2. The highest BCUT2D eigenvalue weighted by Crippen LogP contribution is 2.36. The number of aromatic nitrogens is 1. The molecule has 1 heterocycles. The molecule has 8 nitrogen and oxygen atoms in total. The topological polar surface area (TPSA) is 121 Å². The van der Waals surface area contributed by atoms with Gasteiger partial charge in [-0.05, 0) is 37.1 Å². The molecule has 1 aliphatic carbocycles. The van der Waals surface area contributed by atoms with Crippen molar-refractivity contribution in [2.45, 2.75) is 31.1 Å². The van der Waals surface area contributed by atoms with Crippen LogP contribution in [0.2, 0.25) is 0 Å². The Kier molecular flexibility index (Phi) is 7.34. The smallest absolute Gasteiger partial charge is 0.404 e. The van der Waals surface area contributed by atoms with E-state index in [1.54, 1.807) is 12.1 Å². The third-order valence-electron chi connectivity index (χ3n) is 5.06. The van der Waals surface area contributed by atoms with Crippen molar-refractivity contribution in [3.63, 3.8) is 0 Å². The van der Waals surface area contributed by atoms with Gasteiger partial charge >= 0.3 is 6.18 Å². The first-order valence-corrected chi connectivity index (χ1v) is 10.2. The zero-order chi connectivity index (χ0) is 24.8. The van der Waals surface area contributed by atoms with Crippen LogP contribution in [-0.2, 0) is 22.3 Å². The van der Waals surface area contributed by atoms with Crippen molar-refractivity contribution in [2.24, 2.45) is 10.7 Å². The summed E-state index contributed by atoms with van der Waals surface area (Å²) in [5, 5.41) is 8.10. The molecule has 2 aromatic rings. The van der Waals surface area contributed by atoms with Crippen molar-refractivity contribution in [2.75, 3.05) is 5.32 Å². The van der Waals surface area contributed by atoms with E-state index < -0.39 is 23.2 Å². The molecule has 0 aliphatic heterocycles. The number of hydrogen-bond acceptors (Lipinski definition) is 6. The lowest BCUT2D eigenvalue weighted by Gasteiger charge is -2.17. The number of anilines is 2. The van der Waals surface area contributed by atoms with E-state index in [0.717, 1.165) is 12.3 Å². The SMILES string of the molecule is C=CN=C/C(=C\N)C(=O)NC1(C(=O)NCc2ccc(Nc3ccccc3C(F)(F)F)cn2)CC1. The first-order chi connectivity index (χ1) is 16.2. The van der Waals surface area contributed by atoms with Crippen molar-refractivity contribution >= 4 is 29.4 Å². The van der Waals surface area contributed by atoms with Gasteiger partial charge in [0.05, 0.1) is 40.9 Å². The monoisotopic (exact) mass is 472 g/mol. The molecule has 1 aromatic heterocycles. The number of para-hydroxylation sites is 1. The maximum absolute atomic E-state index is 13.1. The van der Waals surface area contributed by atoms with Gasteiger partial charge in [-0.15, -0.1) is 0 Å². The van der Waals surface area contributed by atoms with Gasteiger partial charge in [0.2, 0.25) is 5.91 Å². The number of rotatable bonds is 9. The number of halogens is 3. The van der Waals surface area contributed by atoms with Crippen LogP contribution in [0.25, 0.3) is 0 Å². The Morgan fingerprint density at radius 3 is 2.53 bits per heavy atom. The molecule has 34 heavy (non-hydrogen) atoms. The van der Waals surface area contributed by atoms with Gasteiger partial charge < -0.3 is 21.7 Å². The number of aliphatic imine (C=N–C) groups is 1. The predicted molar refractivity (Wildman–Crippen MR) is 122 cm³/mol. The molecule has 3 rings (SSSR count). The van der Waals surface area contributed by atoms with E-state index in [-0.39, 0.29) is 23.7 Å². The van der Waals surface area contributed by atoms with E-state index in [1.807, 2.05) is 0 Å². The fourth-order valence-electron chi connectivity index (χ4n) is 3.07. The van der Waals surface area contributed by atoms with Crippen LogP contribution in [0.4, 0.5) is 24.5 Å². The van der Waals surface area contributed by atoms with Gasteiger partial charge in [0.1, 0.15) is 5.54 Å². The molecule has 2 amide bonds. The quantitative estimate of drug-likeness (QED) is 0.330.